The maximum atomic E-state index is 5.64. The number of ether oxygens (including phenoxy) is 2. The van der Waals surface area contributed by atoms with Gasteiger partial charge in [-0.25, -0.2) is 0 Å². The third-order valence-electron chi connectivity index (χ3n) is 2.86. The van der Waals surface area contributed by atoms with Crippen molar-refractivity contribution in [2.75, 3.05) is 46.5 Å². The molecule has 0 amide bonds. The molecule has 0 fully saturated rings. The molecule has 4 N–H and O–H groups in total. The van der Waals surface area contributed by atoms with E-state index in [9.17, 15) is 0 Å². The van der Waals surface area contributed by atoms with Gasteiger partial charge in [-0.05, 0) is 18.9 Å². The average molecular weight is 270 g/mol. The van der Waals surface area contributed by atoms with Crippen LogP contribution in [0.15, 0.2) is 17.1 Å². The molecular formula is C13H26N4O2. The highest BCUT2D eigenvalue weighted by Crippen LogP contribution is 2.12. The molecule has 0 aromatic rings. The Labute approximate surface area is 115 Å². The number of hydrogen-bond acceptors (Lipinski definition) is 6. The molecule has 0 saturated carbocycles. The second-order valence-corrected chi connectivity index (χ2v) is 4.38. The fourth-order valence-electron chi connectivity index (χ4n) is 1.81. The molecule has 1 atom stereocenters. The zero-order valence-electron chi connectivity index (χ0n) is 11.7. The first kappa shape index (κ1) is 16.3. The number of aliphatic imine (C=N–C) groups is 1. The van der Waals surface area contributed by atoms with E-state index in [1.807, 2.05) is 0 Å². The van der Waals surface area contributed by atoms with Crippen molar-refractivity contribution in [2.45, 2.75) is 18.9 Å². The minimum atomic E-state index is 0.211. The van der Waals surface area contributed by atoms with E-state index in [2.05, 4.69) is 27.9 Å². The molecule has 1 rings (SSSR count). The van der Waals surface area contributed by atoms with Crippen LogP contribution in [0.4, 0.5) is 0 Å². The summed E-state index contributed by atoms with van der Waals surface area (Å²) in [4.78, 5) is 4.55. The molecule has 110 valence electrons. The quantitative estimate of drug-likeness (QED) is 0.292. The average Bonchev–Trinajstić information content (AvgIpc) is 2.44. The van der Waals surface area contributed by atoms with Gasteiger partial charge in [0.1, 0.15) is 0 Å². The largest absolute Gasteiger partial charge is 0.382 e. The molecule has 0 aliphatic heterocycles. The van der Waals surface area contributed by atoms with Crippen molar-refractivity contribution in [3.05, 3.63) is 12.2 Å². The van der Waals surface area contributed by atoms with Crippen molar-refractivity contribution in [3.8, 4) is 0 Å². The van der Waals surface area contributed by atoms with Crippen LogP contribution in [0.25, 0.3) is 0 Å². The SMILES string of the molecule is COCCOC1C=CC(=NCCNCCNN)CC1. The molecule has 1 aliphatic carbocycles. The maximum absolute atomic E-state index is 5.64. The highest BCUT2D eigenvalue weighted by Gasteiger charge is 2.11. The van der Waals surface area contributed by atoms with Crippen molar-refractivity contribution < 1.29 is 9.47 Å². The summed E-state index contributed by atoms with van der Waals surface area (Å²) in [6.07, 6.45) is 6.36. The fourth-order valence-corrected chi connectivity index (χ4v) is 1.81. The van der Waals surface area contributed by atoms with Gasteiger partial charge < -0.3 is 14.8 Å². The van der Waals surface area contributed by atoms with Crippen molar-refractivity contribution in [2.24, 2.45) is 10.8 Å². The number of methoxy groups -OCH3 is 1. The predicted octanol–water partition coefficient (Wildman–Crippen LogP) is -0.138. The highest BCUT2D eigenvalue weighted by molar-refractivity contribution is 5.95. The van der Waals surface area contributed by atoms with Crippen LogP contribution in [-0.4, -0.2) is 58.3 Å². The van der Waals surface area contributed by atoms with Crippen LogP contribution in [0.2, 0.25) is 0 Å². The van der Waals surface area contributed by atoms with Crippen molar-refractivity contribution in [1.29, 1.82) is 0 Å². The summed E-state index contributed by atoms with van der Waals surface area (Å²) in [5.74, 6) is 5.17. The highest BCUT2D eigenvalue weighted by atomic mass is 16.5. The molecular weight excluding hydrogens is 244 g/mol. The van der Waals surface area contributed by atoms with Gasteiger partial charge in [0, 0.05) is 32.5 Å². The number of hydrazine groups is 1. The number of nitrogens with one attached hydrogen (secondary N) is 2. The van der Waals surface area contributed by atoms with Crippen LogP contribution in [0, 0.1) is 0 Å². The Kier molecular flexibility index (Phi) is 9.48. The molecule has 0 aromatic carbocycles. The van der Waals surface area contributed by atoms with E-state index in [0.29, 0.717) is 13.2 Å². The van der Waals surface area contributed by atoms with Crippen molar-refractivity contribution in [1.82, 2.24) is 10.7 Å². The van der Waals surface area contributed by atoms with E-state index in [1.165, 1.54) is 0 Å². The molecule has 1 aliphatic rings. The van der Waals surface area contributed by atoms with Crippen LogP contribution in [0.3, 0.4) is 0 Å². The molecule has 0 spiro atoms. The van der Waals surface area contributed by atoms with Gasteiger partial charge in [-0.15, -0.1) is 0 Å². The smallest absolute Gasteiger partial charge is 0.0764 e. The molecule has 6 heteroatoms. The van der Waals surface area contributed by atoms with E-state index >= 15 is 0 Å². The second-order valence-electron chi connectivity index (χ2n) is 4.38. The Morgan fingerprint density at radius 2 is 2.26 bits per heavy atom. The van der Waals surface area contributed by atoms with E-state index in [0.717, 1.165) is 44.7 Å². The minimum absolute atomic E-state index is 0.211. The van der Waals surface area contributed by atoms with Gasteiger partial charge in [-0.2, -0.15) is 0 Å². The van der Waals surface area contributed by atoms with Gasteiger partial charge in [0.15, 0.2) is 0 Å². The van der Waals surface area contributed by atoms with Gasteiger partial charge in [0.25, 0.3) is 0 Å². The molecule has 0 aromatic heterocycles. The Bertz CT molecular complexity index is 282. The summed E-state index contributed by atoms with van der Waals surface area (Å²) in [5.41, 5.74) is 3.76. The lowest BCUT2D eigenvalue weighted by molar-refractivity contribution is 0.0362. The molecule has 6 nitrogen and oxygen atoms in total. The first-order chi connectivity index (χ1) is 9.36. The zero-order chi connectivity index (χ0) is 13.8. The van der Waals surface area contributed by atoms with Crippen LogP contribution < -0.4 is 16.6 Å². The van der Waals surface area contributed by atoms with Gasteiger partial charge in [-0.3, -0.25) is 16.3 Å². The Morgan fingerprint density at radius 3 is 2.95 bits per heavy atom. The first-order valence-electron chi connectivity index (χ1n) is 6.83. The van der Waals surface area contributed by atoms with Crippen LogP contribution >= 0.6 is 0 Å². The molecule has 0 saturated heterocycles. The third-order valence-corrected chi connectivity index (χ3v) is 2.86. The molecule has 0 bridgehead atoms. The van der Waals surface area contributed by atoms with Gasteiger partial charge >= 0.3 is 0 Å². The molecule has 0 radical (unpaired) electrons. The normalized spacial score (nSPS) is 21.2. The summed E-state index contributed by atoms with van der Waals surface area (Å²) in [6.45, 7) is 4.63. The molecule has 1 unspecified atom stereocenters. The summed E-state index contributed by atoms with van der Waals surface area (Å²) >= 11 is 0. The van der Waals surface area contributed by atoms with E-state index < -0.39 is 0 Å². The van der Waals surface area contributed by atoms with Crippen LogP contribution in [0.1, 0.15) is 12.8 Å². The number of nitrogens with two attached hydrogens (primary N) is 1. The van der Waals surface area contributed by atoms with Crippen molar-refractivity contribution >= 4 is 5.71 Å². The Hall–Kier alpha value is -0.790. The van der Waals surface area contributed by atoms with Crippen LogP contribution in [-0.2, 0) is 9.47 Å². The molecule has 19 heavy (non-hydrogen) atoms. The van der Waals surface area contributed by atoms with E-state index in [1.54, 1.807) is 7.11 Å². The Balaban J connectivity index is 2.11. The number of hydrogen-bond donors (Lipinski definition) is 3. The third kappa shape index (κ3) is 8.07. The summed E-state index contributed by atoms with van der Waals surface area (Å²) < 4.78 is 10.6. The lowest BCUT2D eigenvalue weighted by Crippen LogP contribution is -2.32. The number of allylic oxidation sites excluding steroid dienone is 1. The summed E-state index contributed by atoms with van der Waals surface area (Å²) in [5, 5.41) is 3.26. The fraction of sp³-hybridized carbons (Fsp3) is 0.769. The lowest BCUT2D eigenvalue weighted by Gasteiger charge is -2.18. The van der Waals surface area contributed by atoms with E-state index in [-0.39, 0.29) is 6.10 Å². The Morgan fingerprint density at radius 1 is 1.37 bits per heavy atom. The maximum Gasteiger partial charge on any atom is 0.0764 e. The summed E-state index contributed by atoms with van der Waals surface area (Å²) in [7, 11) is 1.68. The van der Waals surface area contributed by atoms with Crippen molar-refractivity contribution in [3.63, 3.8) is 0 Å². The topological polar surface area (TPSA) is 80.9 Å². The second kappa shape index (κ2) is 11.1. The zero-order valence-corrected chi connectivity index (χ0v) is 11.7. The molecule has 0 heterocycles. The standard InChI is InChI=1S/C13H26N4O2/c1-18-10-11-19-13-4-2-12(3-5-13)16-8-6-15-7-9-17-14/h2,4,13,15,17H,3,5-11,14H2,1H3. The van der Waals surface area contributed by atoms with E-state index in [4.69, 9.17) is 15.3 Å². The first-order valence-corrected chi connectivity index (χ1v) is 6.83. The van der Waals surface area contributed by atoms with Crippen LogP contribution in [0.5, 0.6) is 0 Å². The predicted molar refractivity (Wildman–Crippen MR) is 77.4 cm³/mol. The van der Waals surface area contributed by atoms with Gasteiger partial charge in [-0.1, -0.05) is 6.08 Å². The minimum Gasteiger partial charge on any atom is -0.382 e. The van der Waals surface area contributed by atoms with Gasteiger partial charge in [0.2, 0.25) is 0 Å². The lowest BCUT2D eigenvalue weighted by atomic mass is 10.0. The monoisotopic (exact) mass is 270 g/mol. The summed E-state index contributed by atoms with van der Waals surface area (Å²) in [6, 6.07) is 0. The number of rotatable bonds is 10. The number of nitrogens with zero attached hydrogens (tertiary/aromatic N) is 1. The van der Waals surface area contributed by atoms with Gasteiger partial charge in [0.05, 0.1) is 25.9 Å².